The van der Waals surface area contributed by atoms with Gasteiger partial charge in [0.05, 0.1) is 19.6 Å². The monoisotopic (exact) mass is 1370 g/mol. The van der Waals surface area contributed by atoms with Gasteiger partial charge >= 0.3 is 355 Å². The van der Waals surface area contributed by atoms with Crippen LogP contribution in [0.5, 0.6) is 0 Å². The van der Waals surface area contributed by atoms with Gasteiger partial charge in [-0.2, -0.15) is 0 Å². The fourth-order valence-electron chi connectivity index (χ4n) is 12.4. The number of azide groups is 1. The normalized spacial score (nSPS) is 32.7. The summed E-state index contributed by atoms with van der Waals surface area (Å²) in [5.74, 6) is -8.02. The molecule has 95 heavy (non-hydrogen) atoms. The van der Waals surface area contributed by atoms with Crippen molar-refractivity contribution in [2.24, 2.45) is 28.8 Å². The summed E-state index contributed by atoms with van der Waals surface area (Å²) in [7, 11) is 1.60. The molecule has 31 heteroatoms. The van der Waals surface area contributed by atoms with Crippen LogP contribution in [-0.4, -0.2) is 203 Å². The Morgan fingerprint density at radius 1 is 0.758 bits per heavy atom. The summed E-state index contributed by atoms with van der Waals surface area (Å²) in [5, 5.41) is 3.97. The average Bonchev–Trinajstić information content (AvgIpc) is 1.57. The number of hydrogen-bond acceptors (Lipinski definition) is 25. The molecule has 0 aliphatic carbocycles. The Labute approximate surface area is 562 Å². The second-order valence-electron chi connectivity index (χ2n) is 25.0. The van der Waals surface area contributed by atoms with Crippen LogP contribution in [0.2, 0.25) is 0 Å². The van der Waals surface area contributed by atoms with E-state index >= 15 is 0 Å². The van der Waals surface area contributed by atoms with Gasteiger partial charge in [0.1, 0.15) is 6.61 Å². The molecule has 0 bridgehead atoms. The van der Waals surface area contributed by atoms with E-state index in [0.29, 0.717) is 26.3 Å². The molecule has 7 rings (SSSR count). The number of carbonyl (C=O) groups is 6. The van der Waals surface area contributed by atoms with Crippen molar-refractivity contribution in [2.45, 2.75) is 231 Å². The molecule has 5 saturated heterocycles. The summed E-state index contributed by atoms with van der Waals surface area (Å²) in [6.07, 6.45) is -15.9. The number of benzene rings is 2. The molecule has 1 radical (unpaired) electrons. The van der Waals surface area contributed by atoms with Crippen LogP contribution >= 0.6 is 20.2 Å². The van der Waals surface area contributed by atoms with Gasteiger partial charge in [-0.3, -0.25) is 19.3 Å². The molecule has 5 fully saturated rings. The predicted molar refractivity (Wildman–Crippen MR) is 344 cm³/mol. The summed E-state index contributed by atoms with van der Waals surface area (Å²) in [6.45, 7) is 21.0. The summed E-state index contributed by atoms with van der Waals surface area (Å²) in [5.41, 5.74) is 11.0. The third kappa shape index (κ3) is 21.1. The Hall–Kier alpha value is -5.32. The van der Waals surface area contributed by atoms with Gasteiger partial charge in [-0.05, 0) is 30.5 Å². The topological polar surface area (TPSA) is 319 Å². The number of rotatable bonds is 31. The minimum absolute atomic E-state index is 0.0163. The molecule has 523 valence electrons. The van der Waals surface area contributed by atoms with Crippen LogP contribution < -0.4 is 0 Å². The molecular weight excluding hydrogens is 1280 g/mol. The van der Waals surface area contributed by atoms with E-state index in [1.807, 2.05) is 102 Å². The first-order valence-corrected chi connectivity index (χ1v) is 34.6. The number of ether oxygens (including phenoxy) is 16. The molecule has 2 aromatic rings. The van der Waals surface area contributed by atoms with Crippen molar-refractivity contribution in [3.05, 3.63) is 82.2 Å². The number of esters is 5. The maximum absolute atomic E-state index is 14.3. The fraction of sp³-hybridized carbons (Fsp3) is 0.719. The average molecular weight is 1370 g/mol. The van der Waals surface area contributed by atoms with Crippen LogP contribution in [0.1, 0.15) is 120 Å². The van der Waals surface area contributed by atoms with E-state index in [-0.39, 0.29) is 64.7 Å². The van der Waals surface area contributed by atoms with Crippen LogP contribution in [0.25, 0.3) is 10.4 Å². The summed E-state index contributed by atoms with van der Waals surface area (Å²) in [6, 6.07) is 17.4. The molecule has 0 saturated carbocycles. The zero-order valence-electron chi connectivity index (χ0n) is 56.3. The molecule has 1 amide bonds. The fourth-order valence-corrected chi connectivity index (χ4v) is 14.5. The van der Waals surface area contributed by atoms with E-state index in [4.69, 9.17) is 75.8 Å². The van der Waals surface area contributed by atoms with Gasteiger partial charge in [-0.1, -0.05) is 60.7 Å². The Balaban J connectivity index is 1.22. The van der Waals surface area contributed by atoms with E-state index in [1.54, 1.807) is 18.7 Å². The van der Waals surface area contributed by atoms with Crippen molar-refractivity contribution in [3.8, 4) is 0 Å². The number of thioether (sulfide) groups is 1. The van der Waals surface area contributed by atoms with Gasteiger partial charge < -0.3 is 18.9 Å². The van der Waals surface area contributed by atoms with Crippen molar-refractivity contribution in [2.75, 3.05) is 38.6 Å². The van der Waals surface area contributed by atoms with Gasteiger partial charge in [0.15, 0.2) is 0 Å². The van der Waals surface area contributed by atoms with E-state index < -0.39 is 164 Å². The maximum atomic E-state index is 14.3. The van der Waals surface area contributed by atoms with E-state index in [2.05, 4.69) is 10.0 Å². The first-order valence-electron chi connectivity index (χ1n) is 32.3. The molecule has 5 aliphatic heterocycles. The number of carbonyl (C=O) groups excluding carboxylic acids is 6. The molecule has 2 aromatic carbocycles. The van der Waals surface area contributed by atoms with Crippen molar-refractivity contribution in [3.63, 3.8) is 0 Å². The zero-order chi connectivity index (χ0) is 69.1. The molecule has 5 aliphatic rings. The van der Waals surface area contributed by atoms with Gasteiger partial charge in [0, 0.05) is 33.1 Å². The summed E-state index contributed by atoms with van der Waals surface area (Å²) >= 11 is 1.38. The number of methoxy groups -OCH3 is 1. The van der Waals surface area contributed by atoms with Crippen LogP contribution in [0.15, 0.2) is 65.8 Å². The van der Waals surface area contributed by atoms with Crippen molar-refractivity contribution in [1.29, 1.82) is 0 Å². The standard InChI is InChI=1S/C64H92B2N4O23PS/c1-14-35(3)45-28-37(5)51(90-58-48(68-69-67)54(84-41(9)73)52(83-40(8)72)46(87-58)32-79-39(7)71)59(86-45)91-55-56(85-42(10)74)60(89-50(36(4)15-2)57(55)94-66-65-77)88-49-38(6)29-64(61(75)78-13,93-53(49)47-33-82-63(11,12)92-47)81-26-27-95-34-70(30-43-22-18-16-19-23-43)62(76)80-31-44-24-20-17-21-25-44/h16-25,35-38,45-60,94H,14-15,26-34H2,1-13H3/t35-,36-,37?,38+,45+,46?,47+,48+,49+,50?,51?,52+,53?,54?,55+,56?,57+,58+,59+,60-,64+/m0/s1. The number of hydrogen-bond donors (Lipinski definition) is 0. The van der Waals surface area contributed by atoms with Crippen LogP contribution in [0.4, 0.5) is 4.79 Å². The first kappa shape index (κ1) is 77.0. The third-order valence-corrected chi connectivity index (χ3v) is 19.7. The summed E-state index contributed by atoms with van der Waals surface area (Å²) in [4.78, 5) is 84.0. The molecule has 22 atom stereocenters. The molecule has 5 heterocycles. The Kier molecular flexibility index (Phi) is 29.6. The van der Waals surface area contributed by atoms with E-state index in [0.717, 1.165) is 31.9 Å². The van der Waals surface area contributed by atoms with Crippen molar-refractivity contribution in [1.82, 2.24) is 4.90 Å². The van der Waals surface area contributed by atoms with E-state index in [9.17, 15) is 39.0 Å². The number of nitrogens with zero attached hydrogens (tertiary/aromatic N) is 4. The SMILES string of the molecule is CC[C@H](C)C1O[C@H](O[C@H]2C([C@H]3COC(C)(C)O3)O[C@@](OCCSCN(Cc3ccccc3)C(=O)OCc3ccccc3)(C(=O)OC)C[C@H]2C)C(OC(C)=O)[C@@H](O[C@H]2O[C@@H]([C@@H](C)CC)CC(C)C2O[C@H]2OC(COC(C)=O)[C@@H](OC(C)=O)C(OC(C)=O)[C@H]2N=[N+]=[N-])[C@@H]1P[B]B=O. The van der Waals surface area contributed by atoms with Crippen LogP contribution in [0.3, 0.4) is 0 Å². The molecule has 27 nitrogen and oxygen atoms in total. The quantitative estimate of drug-likeness (QED) is 0.00792. The molecular formula is C64H92B2N4O23PS. The van der Waals surface area contributed by atoms with Gasteiger partial charge in [-0.25, -0.2) is 9.59 Å². The zero-order valence-corrected chi connectivity index (χ0v) is 58.2. The molecule has 0 N–H and O–H groups in total. The van der Waals surface area contributed by atoms with Gasteiger partial charge in [0.25, 0.3) is 0 Å². The summed E-state index contributed by atoms with van der Waals surface area (Å²) < 4.78 is 115. The van der Waals surface area contributed by atoms with Gasteiger partial charge in [-0.15, -0.1) is 11.8 Å². The van der Waals surface area contributed by atoms with Crippen LogP contribution in [0, 0.1) is 23.7 Å². The Morgan fingerprint density at radius 2 is 1.38 bits per heavy atom. The molecule has 8 unspecified atom stereocenters. The van der Waals surface area contributed by atoms with E-state index in [1.165, 1.54) is 32.7 Å². The first-order chi connectivity index (χ1) is 45.3. The van der Waals surface area contributed by atoms with Crippen LogP contribution in [-0.2, 0) is 118 Å². The second-order valence-corrected chi connectivity index (χ2v) is 27.4. The van der Waals surface area contributed by atoms with Crippen molar-refractivity contribution < 1.29 is 109 Å². The Bertz CT molecular complexity index is 2900. The molecule has 0 aromatic heterocycles. The second kappa shape index (κ2) is 36.5. The Morgan fingerprint density at radius 3 is 1.98 bits per heavy atom. The van der Waals surface area contributed by atoms with Gasteiger partial charge in [0.2, 0.25) is 0 Å². The third-order valence-electron chi connectivity index (χ3n) is 17.4. The molecule has 0 spiro atoms. The minimum atomic E-state index is -2.03. The predicted octanol–water partition coefficient (Wildman–Crippen LogP) is 8.10. The van der Waals surface area contributed by atoms with Crippen molar-refractivity contribution >= 4 is 70.1 Å². The number of amides is 1.